The number of allylic oxidation sites excluding steroid dienone is 16. The normalized spacial score (nSPS) is 19.6. The molecule has 1 heterocycles. The zero-order valence-electron chi connectivity index (χ0n) is 52.0. The van der Waals surface area contributed by atoms with Gasteiger partial charge in [-0.25, -0.2) is 4.79 Å². The lowest BCUT2D eigenvalue weighted by Crippen LogP contribution is -2.49. The number of hydrogen-bond acceptors (Lipinski definition) is 2. The monoisotopic (exact) mass is 1080 g/mol. The molecule has 0 radical (unpaired) electrons. The van der Waals surface area contributed by atoms with Crippen LogP contribution in [0.3, 0.4) is 0 Å². The molecule has 4 heteroatoms. The summed E-state index contributed by atoms with van der Waals surface area (Å²) in [6, 6.07) is 50.0. The third-order valence-corrected chi connectivity index (χ3v) is 15.4. The van der Waals surface area contributed by atoms with E-state index >= 15 is 0 Å². The summed E-state index contributed by atoms with van der Waals surface area (Å²) in [6.07, 6.45) is 26.5. The predicted molar refractivity (Wildman–Crippen MR) is 356 cm³/mol. The smallest absolute Gasteiger partial charge is 0.409 e. The third kappa shape index (κ3) is 14.9. The fourth-order valence-corrected chi connectivity index (χ4v) is 12.2. The Hall–Kier alpha value is -7.43. The van der Waals surface area contributed by atoms with Crippen LogP contribution in [0.2, 0.25) is 0 Å². The van der Waals surface area contributed by atoms with Crippen LogP contribution in [0.1, 0.15) is 162 Å². The van der Waals surface area contributed by atoms with E-state index in [1.165, 1.54) is 55.9 Å². The molecule has 1 aliphatic heterocycles. The number of fused-ring (bicyclic) bond motifs is 5. The van der Waals surface area contributed by atoms with Crippen molar-refractivity contribution in [2.75, 3.05) is 11.4 Å². The van der Waals surface area contributed by atoms with Gasteiger partial charge in [0.15, 0.2) is 0 Å². The summed E-state index contributed by atoms with van der Waals surface area (Å²) in [5, 5.41) is 12.5. The molecule has 4 unspecified atom stereocenters. The minimum atomic E-state index is -1.07. The molecule has 0 aromatic heterocycles. The second-order valence-electron chi connectivity index (χ2n) is 20.1. The summed E-state index contributed by atoms with van der Waals surface area (Å²) >= 11 is 0. The molecule has 1 amide bonds. The molecule has 81 heavy (non-hydrogen) atoms. The molecule has 4 aliphatic rings. The van der Waals surface area contributed by atoms with Gasteiger partial charge in [-0.05, 0) is 115 Å². The van der Waals surface area contributed by atoms with Crippen LogP contribution < -0.4 is 10.2 Å². The average Bonchev–Trinajstić information content (AvgIpc) is 1.88. The maximum atomic E-state index is 12.0. The van der Waals surface area contributed by atoms with Crippen molar-refractivity contribution < 1.29 is 9.90 Å². The van der Waals surface area contributed by atoms with Crippen molar-refractivity contribution in [3.63, 3.8) is 0 Å². The van der Waals surface area contributed by atoms with Gasteiger partial charge in [0.1, 0.15) is 0 Å². The third-order valence-electron chi connectivity index (χ3n) is 15.4. The molecule has 5 aromatic rings. The van der Waals surface area contributed by atoms with Gasteiger partial charge in [0, 0.05) is 52.0 Å². The molecule has 4 nitrogen and oxygen atoms in total. The topological polar surface area (TPSA) is 52.6 Å². The summed E-state index contributed by atoms with van der Waals surface area (Å²) in [5.41, 5.74) is 16.4. The molecule has 2 N–H and O–H groups in total. The first-order chi connectivity index (χ1) is 39.6. The van der Waals surface area contributed by atoms with Gasteiger partial charge < -0.3 is 10.0 Å². The van der Waals surface area contributed by atoms with E-state index in [4.69, 9.17) is 13.2 Å². The SMILES string of the molecule is C=C(c1ccccc1C1=CCCC=C1NC(=O)O)C(C/C=C/C=C/C=C1\N(CC(C)C)c2ccccc2/C(=C/C)C2C(=C)C1(c1ccccc1)CC1C=CCC(C)=C12)(Cc1ccccc1)c1ccccc1.CC.CC.CC.CC.CC. The Morgan fingerprint density at radius 1 is 0.753 bits per heavy atom. The number of rotatable bonds is 14. The summed E-state index contributed by atoms with van der Waals surface area (Å²) in [6.45, 7) is 40.3. The van der Waals surface area contributed by atoms with Gasteiger partial charge in [-0.15, -0.1) is 0 Å². The summed E-state index contributed by atoms with van der Waals surface area (Å²) in [5.74, 6) is 0.723. The van der Waals surface area contributed by atoms with Crippen LogP contribution in [0, 0.1) is 17.8 Å². The van der Waals surface area contributed by atoms with Crippen LogP contribution in [-0.4, -0.2) is 17.7 Å². The second-order valence-corrected chi connectivity index (χ2v) is 20.1. The highest BCUT2D eigenvalue weighted by Gasteiger charge is 2.53. The van der Waals surface area contributed by atoms with E-state index in [0.29, 0.717) is 24.5 Å². The number of amides is 1. The van der Waals surface area contributed by atoms with Gasteiger partial charge in [-0.1, -0.05) is 296 Å². The molecule has 428 valence electrons. The van der Waals surface area contributed by atoms with Gasteiger partial charge in [0.2, 0.25) is 0 Å². The van der Waals surface area contributed by atoms with E-state index in [2.05, 4.69) is 226 Å². The molecule has 0 saturated heterocycles. The van der Waals surface area contributed by atoms with E-state index in [9.17, 15) is 9.90 Å². The standard InChI is InChI=1S/C67H68N2O2.5C2H6/c1-7-55-59-39-23-25-41-61(59)69(46-47(2)3)62(67(54-34-17-12-18-35-54)45-52-31-27-28-48(4)63(52)64(55)50(67)6)42-19-8-9-26-43-66(53-32-15-11-16-33-53,44-51-29-13-10-14-30-51)49(5)56-36-20-21-37-57(56)58-38-22-24-40-60(58)68-65(70)71;5*1-2/h7-21,23,25-27,29-42,47,52,64,68H,5-6,22,24,28,43-46H2,1-4H3,(H,70,71);5*1-2H3/b19-8+,26-9+,55-7-,62-42-;;;;;. The first-order valence-electron chi connectivity index (χ1n) is 30.5. The van der Waals surface area contributed by atoms with Crippen molar-refractivity contribution in [2.24, 2.45) is 17.8 Å². The predicted octanol–water partition coefficient (Wildman–Crippen LogP) is 21.7. The molecular formula is C77H98N2O2. The van der Waals surface area contributed by atoms with Crippen molar-refractivity contribution in [2.45, 2.75) is 146 Å². The zero-order valence-corrected chi connectivity index (χ0v) is 52.0. The largest absolute Gasteiger partial charge is 0.465 e. The lowest BCUT2D eigenvalue weighted by Gasteiger charge is -2.55. The molecule has 1 saturated carbocycles. The molecule has 1 fully saturated rings. The highest BCUT2D eigenvalue weighted by molar-refractivity contribution is 5.91. The van der Waals surface area contributed by atoms with Gasteiger partial charge >= 0.3 is 6.09 Å². The first kappa shape index (κ1) is 66.1. The van der Waals surface area contributed by atoms with Crippen LogP contribution in [-0.2, 0) is 17.3 Å². The molecule has 9 rings (SSSR count). The summed E-state index contributed by atoms with van der Waals surface area (Å²) < 4.78 is 0. The number of anilines is 1. The summed E-state index contributed by atoms with van der Waals surface area (Å²) in [7, 11) is 0. The molecule has 5 aromatic carbocycles. The maximum absolute atomic E-state index is 12.0. The molecule has 4 atom stereocenters. The van der Waals surface area contributed by atoms with Crippen LogP contribution in [0.5, 0.6) is 0 Å². The van der Waals surface area contributed by atoms with E-state index in [1.54, 1.807) is 0 Å². The zero-order chi connectivity index (χ0) is 59.5. The van der Waals surface area contributed by atoms with Crippen molar-refractivity contribution in [1.29, 1.82) is 0 Å². The quantitative estimate of drug-likeness (QED) is 0.0861. The molecule has 3 aliphatic carbocycles. The van der Waals surface area contributed by atoms with Crippen LogP contribution in [0.25, 0.3) is 16.7 Å². The average molecular weight is 1080 g/mol. The molecule has 0 spiro atoms. The van der Waals surface area contributed by atoms with Crippen molar-refractivity contribution >= 4 is 28.5 Å². The Morgan fingerprint density at radius 3 is 1.96 bits per heavy atom. The number of carbonyl (C=O) groups is 1. The van der Waals surface area contributed by atoms with Gasteiger partial charge in [-0.2, -0.15) is 0 Å². The Balaban J connectivity index is 0.00000134. The van der Waals surface area contributed by atoms with Crippen LogP contribution in [0.15, 0.2) is 242 Å². The van der Waals surface area contributed by atoms with Crippen LogP contribution >= 0.6 is 0 Å². The van der Waals surface area contributed by atoms with Crippen molar-refractivity contribution in [3.8, 4) is 0 Å². The Bertz CT molecular complexity index is 3050. The lowest BCUT2D eigenvalue weighted by molar-refractivity contribution is 0.198. The number of nitrogens with zero attached hydrogens (tertiary/aromatic N) is 1. The van der Waals surface area contributed by atoms with E-state index in [0.717, 1.165) is 54.5 Å². The first-order valence-corrected chi connectivity index (χ1v) is 30.5. The second kappa shape index (κ2) is 33.4. The number of para-hydroxylation sites is 1. The maximum Gasteiger partial charge on any atom is 0.409 e. The number of nitrogens with one attached hydrogen (secondary N) is 1. The molecule has 2 bridgehead atoms. The Morgan fingerprint density at radius 2 is 1.33 bits per heavy atom. The van der Waals surface area contributed by atoms with Gasteiger partial charge in [0.05, 0.1) is 5.41 Å². The lowest BCUT2D eigenvalue weighted by atomic mass is 9.52. The van der Waals surface area contributed by atoms with E-state index < -0.39 is 16.9 Å². The number of carboxylic acid groups (broad SMARTS) is 1. The van der Waals surface area contributed by atoms with Gasteiger partial charge in [-0.3, -0.25) is 5.32 Å². The molecular weight excluding hydrogens is 985 g/mol. The van der Waals surface area contributed by atoms with Crippen molar-refractivity contribution in [3.05, 3.63) is 275 Å². The minimum Gasteiger partial charge on any atom is -0.465 e. The summed E-state index contributed by atoms with van der Waals surface area (Å²) in [4.78, 5) is 14.7. The minimum absolute atomic E-state index is 0.0675. The van der Waals surface area contributed by atoms with E-state index in [-0.39, 0.29) is 11.8 Å². The van der Waals surface area contributed by atoms with Crippen molar-refractivity contribution in [1.82, 2.24) is 5.32 Å². The van der Waals surface area contributed by atoms with E-state index in [1.807, 2.05) is 81.4 Å². The Labute approximate surface area is 491 Å². The fourth-order valence-electron chi connectivity index (χ4n) is 12.2. The number of benzene rings is 5. The van der Waals surface area contributed by atoms with Crippen LogP contribution in [0.4, 0.5) is 10.5 Å². The highest BCUT2D eigenvalue weighted by atomic mass is 16.4. The van der Waals surface area contributed by atoms with Gasteiger partial charge in [0.25, 0.3) is 0 Å². The number of hydrogen-bond donors (Lipinski definition) is 2. The fraction of sp³-hybridized carbons (Fsp3) is 0.338. The Kier molecular flexibility index (Phi) is 27.2. The highest BCUT2D eigenvalue weighted by Crippen LogP contribution is 2.62.